The summed E-state index contributed by atoms with van der Waals surface area (Å²) in [5, 5.41) is 0. The topological polar surface area (TPSA) is 0 Å². The van der Waals surface area contributed by atoms with Gasteiger partial charge in [-0.25, -0.2) is 0 Å². The average molecular weight is 397 g/mol. The SMILES string of the molecule is CC(C)CC(C)(C)CC(C)(C)CC(C)(C)C.CCCCCCCCCC(C)C. The molecule has 0 aromatic heterocycles. The molecule has 28 heavy (non-hydrogen) atoms. The Labute approximate surface area is 182 Å². The molecular formula is C28H60. The smallest absolute Gasteiger partial charge is 0.0344 e. The van der Waals surface area contributed by atoms with Crippen LogP contribution in [-0.4, -0.2) is 0 Å². The first-order chi connectivity index (χ1) is 12.6. The van der Waals surface area contributed by atoms with E-state index in [2.05, 4.69) is 83.1 Å². The summed E-state index contributed by atoms with van der Waals surface area (Å²) in [6.07, 6.45) is 15.5. The lowest BCUT2D eigenvalue weighted by Crippen LogP contribution is -2.28. The van der Waals surface area contributed by atoms with Gasteiger partial charge in [-0.1, -0.05) is 134 Å². The predicted octanol–water partition coefficient (Wildman–Crippen LogP) is 10.7. The maximum absolute atomic E-state index is 2.43. The third kappa shape index (κ3) is 24.0. The Kier molecular flexibility index (Phi) is 16.1. The van der Waals surface area contributed by atoms with Crippen LogP contribution in [0, 0.1) is 28.1 Å². The van der Waals surface area contributed by atoms with Gasteiger partial charge in [0.15, 0.2) is 0 Å². The van der Waals surface area contributed by atoms with Gasteiger partial charge in [0.2, 0.25) is 0 Å². The van der Waals surface area contributed by atoms with Crippen LogP contribution in [0.25, 0.3) is 0 Å². The Balaban J connectivity index is 0. The van der Waals surface area contributed by atoms with Gasteiger partial charge in [0.1, 0.15) is 0 Å². The van der Waals surface area contributed by atoms with Gasteiger partial charge in [0.05, 0.1) is 0 Å². The van der Waals surface area contributed by atoms with E-state index in [-0.39, 0.29) is 0 Å². The van der Waals surface area contributed by atoms with Crippen LogP contribution in [0.15, 0.2) is 0 Å². The zero-order chi connectivity index (χ0) is 22.4. The molecule has 0 amide bonds. The third-order valence-corrected chi connectivity index (χ3v) is 5.31. The lowest BCUT2D eigenvalue weighted by Gasteiger charge is -2.39. The Morgan fingerprint density at radius 1 is 0.536 bits per heavy atom. The van der Waals surface area contributed by atoms with Gasteiger partial charge >= 0.3 is 0 Å². The highest BCUT2D eigenvalue weighted by Crippen LogP contribution is 2.43. The predicted molar refractivity (Wildman–Crippen MR) is 133 cm³/mol. The molecule has 0 radical (unpaired) electrons. The molecule has 0 rings (SSSR count). The van der Waals surface area contributed by atoms with Gasteiger partial charge < -0.3 is 0 Å². The second kappa shape index (κ2) is 14.9. The zero-order valence-electron chi connectivity index (χ0n) is 22.4. The number of hydrogen-bond acceptors (Lipinski definition) is 0. The molecule has 0 heteroatoms. The van der Waals surface area contributed by atoms with Crippen LogP contribution in [-0.2, 0) is 0 Å². The largest absolute Gasteiger partial charge is 0.0654 e. The quantitative estimate of drug-likeness (QED) is 0.271. The summed E-state index contributed by atoms with van der Waals surface area (Å²) in [7, 11) is 0. The van der Waals surface area contributed by atoms with E-state index in [9.17, 15) is 0 Å². The van der Waals surface area contributed by atoms with E-state index in [1.165, 1.54) is 70.6 Å². The molecular weight excluding hydrogens is 336 g/mol. The molecule has 0 spiro atoms. The maximum Gasteiger partial charge on any atom is -0.0344 e. The molecule has 0 unspecified atom stereocenters. The summed E-state index contributed by atoms with van der Waals surface area (Å²) < 4.78 is 0. The number of unbranched alkanes of at least 4 members (excludes halogenated alkanes) is 6. The molecule has 0 aliphatic heterocycles. The van der Waals surface area contributed by atoms with Crippen molar-refractivity contribution in [2.24, 2.45) is 28.1 Å². The van der Waals surface area contributed by atoms with E-state index in [4.69, 9.17) is 0 Å². The van der Waals surface area contributed by atoms with Gasteiger partial charge in [0.25, 0.3) is 0 Å². The van der Waals surface area contributed by atoms with Gasteiger partial charge in [-0.2, -0.15) is 0 Å². The zero-order valence-corrected chi connectivity index (χ0v) is 22.4. The molecule has 0 aliphatic carbocycles. The van der Waals surface area contributed by atoms with Gasteiger partial charge in [0, 0.05) is 0 Å². The summed E-state index contributed by atoms with van der Waals surface area (Å²) >= 11 is 0. The van der Waals surface area contributed by atoms with E-state index >= 15 is 0 Å². The van der Waals surface area contributed by atoms with Crippen molar-refractivity contribution >= 4 is 0 Å². The monoisotopic (exact) mass is 396 g/mol. The van der Waals surface area contributed by atoms with Crippen molar-refractivity contribution in [1.82, 2.24) is 0 Å². The standard InChI is InChI=1S/C16H34.C12H26/c1-13(2)10-15(6,7)12-16(8,9)11-14(3,4)5;1-4-5-6-7-8-9-10-11-12(2)3/h13H,10-12H2,1-9H3;12H,4-11H2,1-3H3. The molecule has 0 saturated heterocycles. The van der Waals surface area contributed by atoms with Gasteiger partial charge in [-0.05, 0) is 47.3 Å². The Morgan fingerprint density at radius 2 is 1.00 bits per heavy atom. The average Bonchev–Trinajstić information content (AvgIpc) is 2.41. The molecule has 0 heterocycles. The summed E-state index contributed by atoms with van der Waals surface area (Å²) in [6.45, 7) is 28.3. The van der Waals surface area contributed by atoms with Crippen LogP contribution in [0.5, 0.6) is 0 Å². The molecule has 0 atom stereocenters. The fourth-order valence-electron chi connectivity index (χ4n) is 5.48. The molecule has 0 fully saturated rings. The first kappa shape index (κ1) is 30.2. The molecule has 0 nitrogen and oxygen atoms in total. The van der Waals surface area contributed by atoms with E-state index in [0.29, 0.717) is 16.2 Å². The third-order valence-electron chi connectivity index (χ3n) is 5.31. The summed E-state index contributed by atoms with van der Waals surface area (Å²) in [6, 6.07) is 0. The van der Waals surface area contributed by atoms with Crippen LogP contribution >= 0.6 is 0 Å². The first-order valence-corrected chi connectivity index (χ1v) is 12.6. The van der Waals surface area contributed by atoms with Crippen LogP contribution in [0.3, 0.4) is 0 Å². The fraction of sp³-hybridized carbons (Fsp3) is 1.00. The first-order valence-electron chi connectivity index (χ1n) is 12.6. The molecule has 0 aromatic carbocycles. The minimum absolute atomic E-state index is 0.442. The van der Waals surface area contributed by atoms with Crippen molar-refractivity contribution in [2.45, 2.75) is 154 Å². The number of hydrogen-bond donors (Lipinski definition) is 0. The molecule has 0 saturated carbocycles. The number of rotatable bonds is 13. The van der Waals surface area contributed by atoms with Gasteiger partial charge in [-0.15, -0.1) is 0 Å². The van der Waals surface area contributed by atoms with Crippen LogP contribution in [0.1, 0.15) is 154 Å². The lowest BCUT2D eigenvalue weighted by molar-refractivity contribution is 0.118. The van der Waals surface area contributed by atoms with E-state index in [1.54, 1.807) is 0 Å². The Bertz CT molecular complexity index is 338. The van der Waals surface area contributed by atoms with Crippen LogP contribution in [0.2, 0.25) is 0 Å². The molecule has 0 aromatic rings. The summed E-state index contributed by atoms with van der Waals surface area (Å²) in [5.41, 5.74) is 1.37. The van der Waals surface area contributed by atoms with E-state index in [1.807, 2.05) is 0 Å². The second-order valence-electron chi connectivity index (χ2n) is 13.1. The molecule has 0 aliphatic rings. The normalized spacial score (nSPS) is 13.1. The highest BCUT2D eigenvalue weighted by Gasteiger charge is 2.32. The molecule has 172 valence electrons. The minimum atomic E-state index is 0.442. The van der Waals surface area contributed by atoms with Crippen molar-refractivity contribution in [2.75, 3.05) is 0 Å². The van der Waals surface area contributed by atoms with Crippen molar-refractivity contribution in [3.8, 4) is 0 Å². The highest BCUT2D eigenvalue weighted by atomic mass is 14.4. The van der Waals surface area contributed by atoms with Crippen molar-refractivity contribution in [3.63, 3.8) is 0 Å². The lowest BCUT2D eigenvalue weighted by atomic mass is 9.66. The van der Waals surface area contributed by atoms with Crippen molar-refractivity contribution < 1.29 is 0 Å². The second-order valence-corrected chi connectivity index (χ2v) is 13.1. The van der Waals surface area contributed by atoms with Gasteiger partial charge in [-0.3, -0.25) is 0 Å². The van der Waals surface area contributed by atoms with E-state index in [0.717, 1.165) is 11.8 Å². The molecule has 0 bridgehead atoms. The van der Waals surface area contributed by atoms with Crippen molar-refractivity contribution in [1.29, 1.82) is 0 Å². The van der Waals surface area contributed by atoms with E-state index < -0.39 is 0 Å². The maximum atomic E-state index is 2.43. The highest BCUT2D eigenvalue weighted by molar-refractivity contribution is 4.83. The van der Waals surface area contributed by atoms with Crippen LogP contribution in [0.4, 0.5) is 0 Å². The Hall–Kier alpha value is 0. The fourth-order valence-corrected chi connectivity index (χ4v) is 5.48. The Morgan fingerprint density at radius 3 is 1.39 bits per heavy atom. The van der Waals surface area contributed by atoms with Crippen LogP contribution < -0.4 is 0 Å². The molecule has 0 N–H and O–H groups in total. The summed E-state index contributed by atoms with van der Waals surface area (Å²) in [5.74, 6) is 1.71. The van der Waals surface area contributed by atoms with Crippen molar-refractivity contribution in [3.05, 3.63) is 0 Å². The minimum Gasteiger partial charge on any atom is -0.0654 e. The summed E-state index contributed by atoms with van der Waals surface area (Å²) in [4.78, 5) is 0.